The van der Waals surface area contributed by atoms with E-state index in [0.29, 0.717) is 28.2 Å². The van der Waals surface area contributed by atoms with Crippen molar-refractivity contribution >= 4 is 40.8 Å². The van der Waals surface area contributed by atoms with Gasteiger partial charge in [-0.25, -0.2) is 0 Å². The lowest BCUT2D eigenvalue weighted by Gasteiger charge is -2.31. The Labute approximate surface area is 127 Å². The summed E-state index contributed by atoms with van der Waals surface area (Å²) in [6.07, 6.45) is 1.41. The van der Waals surface area contributed by atoms with E-state index in [1.807, 2.05) is 4.90 Å². The van der Waals surface area contributed by atoms with Crippen LogP contribution in [-0.4, -0.2) is 36.4 Å². The predicted molar refractivity (Wildman–Crippen MR) is 82.4 cm³/mol. The van der Waals surface area contributed by atoms with Crippen molar-refractivity contribution in [3.63, 3.8) is 0 Å². The quantitative estimate of drug-likeness (QED) is 0.662. The summed E-state index contributed by atoms with van der Waals surface area (Å²) in [6.45, 7) is 2.26. The van der Waals surface area contributed by atoms with Crippen molar-refractivity contribution in [2.45, 2.75) is 12.8 Å². The molecule has 0 aromatic heterocycles. The molecule has 0 unspecified atom stereocenters. The van der Waals surface area contributed by atoms with Crippen molar-refractivity contribution in [2.24, 2.45) is 10.7 Å². The van der Waals surface area contributed by atoms with Crippen LogP contribution in [-0.2, 0) is 4.79 Å². The normalized spacial score (nSPS) is 14.9. The Balaban J connectivity index is 1.80. The molecule has 1 aromatic carbocycles. The third kappa shape index (κ3) is 4.28. The molecule has 1 saturated heterocycles. The fourth-order valence-electron chi connectivity index (χ4n) is 1.77. The summed E-state index contributed by atoms with van der Waals surface area (Å²) in [7, 11) is 0. The summed E-state index contributed by atoms with van der Waals surface area (Å²) < 4.78 is 0. The topological polar surface area (TPSA) is 70.7 Å². The number of nitrogens with two attached hydrogens (primary N) is 1. The van der Waals surface area contributed by atoms with Crippen molar-refractivity contribution < 1.29 is 4.79 Å². The molecule has 5 nitrogen and oxygen atoms in total. The summed E-state index contributed by atoms with van der Waals surface area (Å²) >= 11 is 11.7. The van der Waals surface area contributed by atoms with Crippen molar-refractivity contribution in [3.8, 4) is 0 Å². The molecule has 2 rings (SSSR count). The monoisotopic (exact) mass is 314 g/mol. The van der Waals surface area contributed by atoms with Crippen LogP contribution in [0.3, 0.4) is 0 Å². The number of nitrogens with zero attached hydrogens (tertiary/aromatic N) is 2. The molecule has 7 heteroatoms. The second-order valence-corrected chi connectivity index (χ2v) is 5.41. The molecular weight excluding hydrogens is 299 g/mol. The summed E-state index contributed by atoms with van der Waals surface area (Å²) in [4.78, 5) is 17.9. The maximum atomic E-state index is 11.7. The molecule has 1 amide bonds. The van der Waals surface area contributed by atoms with Crippen LogP contribution in [0.15, 0.2) is 23.2 Å². The number of benzene rings is 1. The van der Waals surface area contributed by atoms with Gasteiger partial charge in [-0.3, -0.25) is 9.79 Å². The number of rotatable bonds is 4. The molecule has 1 aliphatic rings. The van der Waals surface area contributed by atoms with Gasteiger partial charge >= 0.3 is 0 Å². The first-order chi connectivity index (χ1) is 9.54. The lowest BCUT2D eigenvalue weighted by Crippen LogP contribution is -2.46. The molecule has 3 N–H and O–H groups in total. The molecular formula is C13H16Cl2N4O. The number of carbonyl (C=O) groups is 1. The minimum absolute atomic E-state index is 0.150. The Morgan fingerprint density at radius 1 is 1.30 bits per heavy atom. The number of likely N-dealkylation sites (tertiary alicyclic amines) is 1. The van der Waals surface area contributed by atoms with Crippen molar-refractivity contribution in [3.05, 3.63) is 28.2 Å². The Hall–Kier alpha value is -1.46. The molecule has 0 spiro atoms. The second-order valence-electron chi connectivity index (χ2n) is 4.54. The van der Waals surface area contributed by atoms with Gasteiger partial charge < -0.3 is 16.0 Å². The SMILES string of the molecule is NC(=NCCC(=O)Nc1cc(Cl)cc(Cl)c1)N1CCC1. The number of hydrogen-bond acceptors (Lipinski definition) is 2. The van der Waals surface area contributed by atoms with Gasteiger partial charge in [-0.15, -0.1) is 0 Å². The molecule has 0 atom stereocenters. The highest BCUT2D eigenvalue weighted by Gasteiger charge is 2.15. The molecule has 1 aromatic rings. The van der Waals surface area contributed by atoms with Gasteiger partial charge in [0.1, 0.15) is 0 Å². The maximum Gasteiger partial charge on any atom is 0.226 e. The summed E-state index contributed by atoms with van der Waals surface area (Å²) in [5.74, 6) is 0.360. The van der Waals surface area contributed by atoms with Crippen LogP contribution in [0.1, 0.15) is 12.8 Å². The number of guanidine groups is 1. The van der Waals surface area contributed by atoms with Gasteiger partial charge in [0.2, 0.25) is 5.91 Å². The van der Waals surface area contributed by atoms with Crippen LogP contribution >= 0.6 is 23.2 Å². The number of amides is 1. The number of nitrogens with one attached hydrogen (secondary N) is 1. The first kappa shape index (κ1) is 14.9. The number of halogens is 2. The molecule has 0 aliphatic carbocycles. The van der Waals surface area contributed by atoms with E-state index in [-0.39, 0.29) is 12.3 Å². The van der Waals surface area contributed by atoms with Crippen LogP contribution < -0.4 is 11.1 Å². The Morgan fingerprint density at radius 2 is 1.95 bits per heavy atom. The number of hydrogen-bond donors (Lipinski definition) is 2. The van der Waals surface area contributed by atoms with Gasteiger partial charge in [0.05, 0.1) is 6.54 Å². The maximum absolute atomic E-state index is 11.7. The van der Waals surface area contributed by atoms with Crippen molar-refractivity contribution in [1.82, 2.24) is 4.90 Å². The Kier molecular flexibility index (Phi) is 5.09. The lowest BCUT2D eigenvalue weighted by atomic mass is 10.2. The fraction of sp³-hybridized carbons (Fsp3) is 0.385. The molecule has 1 fully saturated rings. The highest BCUT2D eigenvalue weighted by atomic mass is 35.5. The third-order valence-corrected chi connectivity index (χ3v) is 3.38. The largest absolute Gasteiger partial charge is 0.370 e. The van der Waals surface area contributed by atoms with Crippen LogP contribution in [0.25, 0.3) is 0 Å². The van der Waals surface area contributed by atoms with E-state index in [9.17, 15) is 4.79 Å². The molecule has 0 bridgehead atoms. The van der Waals surface area contributed by atoms with Crippen LogP contribution in [0.2, 0.25) is 10.0 Å². The minimum atomic E-state index is -0.150. The third-order valence-electron chi connectivity index (χ3n) is 2.94. The molecule has 1 heterocycles. The molecule has 1 aliphatic heterocycles. The van der Waals surface area contributed by atoms with E-state index in [4.69, 9.17) is 28.9 Å². The van der Waals surface area contributed by atoms with Gasteiger partial charge in [-0.1, -0.05) is 23.2 Å². The van der Waals surface area contributed by atoms with E-state index in [1.54, 1.807) is 18.2 Å². The molecule has 0 radical (unpaired) electrons. The van der Waals surface area contributed by atoms with E-state index in [1.165, 1.54) is 0 Å². The van der Waals surface area contributed by atoms with Crippen LogP contribution in [0.4, 0.5) is 5.69 Å². The highest BCUT2D eigenvalue weighted by Crippen LogP contribution is 2.22. The Bertz CT molecular complexity index is 509. The van der Waals surface area contributed by atoms with Gasteiger partial charge in [-0.2, -0.15) is 0 Å². The lowest BCUT2D eigenvalue weighted by molar-refractivity contribution is -0.116. The van der Waals surface area contributed by atoms with Crippen LogP contribution in [0, 0.1) is 0 Å². The first-order valence-corrected chi connectivity index (χ1v) is 7.11. The zero-order chi connectivity index (χ0) is 14.5. The predicted octanol–water partition coefficient (Wildman–Crippen LogP) is 2.34. The van der Waals surface area contributed by atoms with E-state index < -0.39 is 0 Å². The van der Waals surface area contributed by atoms with E-state index in [0.717, 1.165) is 19.5 Å². The standard InChI is InChI=1S/C13H16Cl2N4O/c14-9-6-10(15)8-11(7-9)18-12(20)2-3-17-13(16)19-4-1-5-19/h6-8H,1-5H2,(H2,16,17)(H,18,20). The molecule has 108 valence electrons. The average molecular weight is 315 g/mol. The fourth-order valence-corrected chi connectivity index (χ4v) is 2.29. The number of carbonyl (C=O) groups excluding carboxylic acids is 1. The number of anilines is 1. The zero-order valence-electron chi connectivity index (χ0n) is 10.9. The van der Waals surface area contributed by atoms with E-state index in [2.05, 4.69) is 10.3 Å². The summed E-state index contributed by atoms with van der Waals surface area (Å²) in [5, 5.41) is 3.68. The highest BCUT2D eigenvalue weighted by molar-refractivity contribution is 6.35. The zero-order valence-corrected chi connectivity index (χ0v) is 12.4. The van der Waals surface area contributed by atoms with Gasteiger partial charge in [0, 0.05) is 35.2 Å². The van der Waals surface area contributed by atoms with E-state index >= 15 is 0 Å². The van der Waals surface area contributed by atoms with Gasteiger partial charge in [0.25, 0.3) is 0 Å². The molecule has 20 heavy (non-hydrogen) atoms. The first-order valence-electron chi connectivity index (χ1n) is 6.35. The summed E-state index contributed by atoms with van der Waals surface area (Å²) in [5.41, 5.74) is 6.34. The summed E-state index contributed by atoms with van der Waals surface area (Å²) in [6, 6.07) is 4.89. The van der Waals surface area contributed by atoms with Gasteiger partial charge in [-0.05, 0) is 24.6 Å². The van der Waals surface area contributed by atoms with Crippen molar-refractivity contribution in [1.29, 1.82) is 0 Å². The Morgan fingerprint density at radius 3 is 2.50 bits per heavy atom. The second kappa shape index (κ2) is 6.81. The molecule has 0 saturated carbocycles. The average Bonchev–Trinajstić information content (AvgIpc) is 2.24. The smallest absolute Gasteiger partial charge is 0.226 e. The minimum Gasteiger partial charge on any atom is -0.370 e. The van der Waals surface area contributed by atoms with Gasteiger partial charge in [0.15, 0.2) is 5.96 Å². The van der Waals surface area contributed by atoms with Crippen molar-refractivity contribution in [2.75, 3.05) is 25.0 Å². The number of aliphatic imine (C=N–C) groups is 1. The van der Waals surface area contributed by atoms with Crippen LogP contribution in [0.5, 0.6) is 0 Å².